The van der Waals surface area contributed by atoms with Gasteiger partial charge in [-0.3, -0.25) is 4.79 Å². The topological polar surface area (TPSA) is 55.1 Å². The Labute approximate surface area is 101 Å². The van der Waals surface area contributed by atoms with E-state index in [4.69, 9.17) is 17.3 Å². The van der Waals surface area contributed by atoms with E-state index in [1.54, 1.807) is 12.1 Å². The zero-order valence-electron chi connectivity index (χ0n) is 9.75. The zero-order chi connectivity index (χ0) is 12.3. The first-order valence-corrected chi connectivity index (χ1v) is 5.63. The van der Waals surface area contributed by atoms with E-state index in [1.165, 1.54) is 0 Å². The summed E-state index contributed by atoms with van der Waals surface area (Å²) in [5, 5.41) is 3.42. The van der Waals surface area contributed by atoms with Crippen LogP contribution in [0.3, 0.4) is 0 Å². The molecule has 1 aromatic rings. The third-order valence-electron chi connectivity index (χ3n) is 2.55. The van der Waals surface area contributed by atoms with Crippen molar-refractivity contribution in [2.45, 2.75) is 26.8 Å². The molecule has 0 spiro atoms. The maximum absolute atomic E-state index is 11.7. The van der Waals surface area contributed by atoms with Crippen LogP contribution in [-0.4, -0.2) is 11.9 Å². The number of hydrogen-bond donors (Lipinski definition) is 2. The van der Waals surface area contributed by atoms with Gasteiger partial charge in [-0.25, -0.2) is 0 Å². The number of rotatable bonds is 3. The van der Waals surface area contributed by atoms with Crippen molar-refractivity contribution in [2.24, 2.45) is 11.7 Å². The number of carbonyl (C=O) groups is 1. The molecule has 0 aromatic heterocycles. The summed E-state index contributed by atoms with van der Waals surface area (Å²) in [4.78, 5) is 11.7. The molecule has 0 bridgehead atoms. The number of hydrogen-bond acceptors (Lipinski definition) is 2. The Bertz CT molecular complexity index is 391. The van der Waals surface area contributed by atoms with Gasteiger partial charge in [0.05, 0.1) is 6.04 Å². The maximum atomic E-state index is 11.7. The van der Waals surface area contributed by atoms with Gasteiger partial charge in [-0.2, -0.15) is 0 Å². The number of anilines is 1. The Morgan fingerprint density at radius 1 is 1.44 bits per heavy atom. The van der Waals surface area contributed by atoms with E-state index in [9.17, 15) is 4.79 Å². The van der Waals surface area contributed by atoms with Gasteiger partial charge in [-0.1, -0.05) is 31.5 Å². The van der Waals surface area contributed by atoms with E-state index < -0.39 is 6.04 Å². The van der Waals surface area contributed by atoms with Gasteiger partial charge >= 0.3 is 0 Å². The van der Waals surface area contributed by atoms with Gasteiger partial charge in [-0.15, -0.1) is 0 Å². The minimum absolute atomic E-state index is 0.111. The largest absolute Gasteiger partial charge is 0.324 e. The first-order chi connectivity index (χ1) is 7.43. The Morgan fingerprint density at radius 2 is 2.06 bits per heavy atom. The molecule has 1 aromatic carbocycles. The maximum Gasteiger partial charge on any atom is 0.241 e. The quantitative estimate of drug-likeness (QED) is 0.853. The molecule has 1 rings (SSSR count). The summed E-state index contributed by atoms with van der Waals surface area (Å²) in [6.07, 6.45) is 0. The van der Waals surface area contributed by atoms with Crippen molar-refractivity contribution in [3.05, 3.63) is 28.8 Å². The highest BCUT2D eigenvalue weighted by molar-refractivity contribution is 6.31. The van der Waals surface area contributed by atoms with Crippen molar-refractivity contribution < 1.29 is 4.79 Å². The smallest absolute Gasteiger partial charge is 0.241 e. The van der Waals surface area contributed by atoms with Crippen LogP contribution in [-0.2, 0) is 4.79 Å². The predicted molar refractivity (Wildman–Crippen MR) is 67.6 cm³/mol. The third kappa shape index (κ3) is 2.97. The number of benzene rings is 1. The molecule has 0 unspecified atom stereocenters. The standard InChI is InChI=1S/C12H17ClN2O/c1-7(2)11(14)12(16)15-10-6-4-5-9(13)8(10)3/h4-7,11H,14H2,1-3H3,(H,15,16)/t11-/m1/s1. The fourth-order valence-electron chi connectivity index (χ4n) is 1.26. The lowest BCUT2D eigenvalue weighted by molar-refractivity contribution is -0.118. The molecule has 4 heteroatoms. The lowest BCUT2D eigenvalue weighted by Crippen LogP contribution is -2.39. The van der Waals surface area contributed by atoms with Gasteiger partial charge in [0.1, 0.15) is 0 Å². The van der Waals surface area contributed by atoms with Crippen LogP contribution in [0, 0.1) is 12.8 Å². The molecule has 0 radical (unpaired) electrons. The van der Waals surface area contributed by atoms with Crippen molar-refractivity contribution in [3.63, 3.8) is 0 Å². The predicted octanol–water partition coefficient (Wildman–Crippen LogP) is 2.57. The van der Waals surface area contributed by atoms with Gasteiger partial charge < -0.3 is 11.1 Å². The molecule has 16 heavy (non-hydrogen) atoms. The zero-order valence-corrected chi connectivity index (χ0v) is 10.5. The number of carbonyl (C=O) groups excluding carboxylic acids is 1. The van der Waals surface area contributed by atoms with E-state index in [1.807, 2.05) is 26.8 Å². The highest BCUT2D eigenvalue weighted by Crippen LogP contribution is 2.23. The van der Waals surface area contributed by atoms with Crippen molar-refractivity contribution in [1.29, 1.82) is 0 Å². The van der Waals surface area contributed by atoms with Crippen LogP contribution in [0.1, 0.15) is 19.4 Å². The number of nitrogens with two attached hydrogens (primary N) is 1. The molecule has 1 atom stereocenters. The Morgan fingerprint density at radius 3 is 2.62 bits per heavy atom. The molecule has 0 aliphatic carbocycles. The van der Waals surface area contributed by atoms with Gasteiger partial charge in [0, 0.05) is 10.7 Å². The molecule has 0 saturated carbocycles. The number of amides is 1. The summed E-state index contributed by atoms with van der Waals surface area (Å²) in [7, 11) is 0. The summed E-state index contributed by atoms with van der Waals surface area (Å²) < 4.78 is 0. The van der Waals surface area contributed by atoms with Crippen LogP contribution in [0.25, 0.3) is 0 Å². The molecule has 88 valence electrons. The molecule has 0 aliphatic heterocycles. The van der Waals surface area contributed by atoms with Crippen LogP contribution in [0.2, 0.25) is 5.02 Å². The number of nitrogens with one attached hydrogen (secondary N) is 1. The Balaban J connectivity index is 2.81. The minimum atomic E-state index is -0.501. The monoisotopic (exact) mass is 240 g/mol. The Kier molecular flexibility index (Phi) is 4.33. The van der Waals surface area contributed by atoms with E-state index in [0.29, 0.717) is 10.7 Å². The summed E-state index contributed by atoms with van der Waals surface area (Å²) in [5.74, 6) is -0.0696. The fourth-order valence-corrected chi connectivity index (χ4v) is 1.44. The first-order valence-electron chi connectivity index (χ1n) is 5.25. The minimum Gasteiger partial charge on any atom is -0.324 e. The van der Waals surface area contributed by atoms with Gasteiger partial charge in [0.2, 0.25) is 5.91 Å². The summed E-state index contributed by atoms with van der Waals surface area (Å²) in [5.41, 5.74) is 7.32. The summed E-state index contributed by atoms with van der Waals surface area (Å²) in [6.45, 7) is 5.68. The molecule has 0 heterocycles. The molecule has 0 aliphatic rings. The average Bonchev–Trinajstić information content (AvgIpc) is 2.23. The van der Waals surface area contributed by atoms with E-state index in [-0.39, 0.29) is 11.8 Å². The highest BCUT2D eigenvalue weighted by atomic mass is 35.5. The molecule has 3 N–H and O–H groups in total. The van der Waals surface area contributed by atoms with Crippen molar-refractivity contribution in [1.82, 2.24) is 0 Å². The van der Waals surface area contributed by atoms with E-state index in [0.717, 1.165) is 5.56 Å². The van der Waals surface area contributed by atoms with Crippen molar-refractivity contribution in [3.8, 4) is 0 Å². The second-order valence-corrected chi connectivity index (χ2v) is 4.58. The van der Waals surface area contributed by atoms with E-state index in [2.05, 4.69) is 5.32 Å². The van der Waals surface area contributed by atoms with Crippen LogP contribution < -0.4 is 11.1 Å². The molecule has 0 fully saturated rings. The lowest BCUT2D eigenvalue weighted by atomic mass is 10.0. The lowest BCUT2D eigenvalue weighted by Gasteiger charge is -2.16. The second-order valence-electron chi connectivity index (χ2n) is 4.17. The normalized spacial score (nSPS) is 12.6. The highest BCUT2D eigenvalue weighted by Gasteiger charge is 2.17. The Hall–Kier alpha value is -1.06. The van der Waals surface area contributed by atoms with Gasteiger partial charge in [0.15, 0.2) is 0 Å². The van der Waals surface area contributed by atoms with Gasteiger partial charge in [0.25, 0.3) is 0 Å². The van der Waals surface area contributed by atoms with Crippen LogP contribution in [0.5, 0.6) is 0 Å². The molecule has 0 saturated heterocycles. The van der Waals surface area contributed by atoms with Crippen molar-refractivity contribution >= 4 is 23.2 Å². The van der Waals surface area contributed by atoms with Crippen LogP contribution >= 0.6 is 11.6 Å². The van der Waals surface area contributed by atoms with Crippen LogP contribution in [0.4, 0.5) is 5.69 Å². The first kappa shape index (κ1) is 13.0. The van der Waals surface area contributed by atoms with Gasteiger partial charge in [-0.05, 0) is 30.5 Å². The summed E-state index contributed by atoms with van der Waals surface area (Å²) >= 11 is 5.96. The van der Waals surface area contributed by atoms with Crippen LogP contribution in [0.15, 0.2) is 18.2 Å². The number of halogens is 1. The fraction of sp³-hybridized carbons (Fsp3) is 0.417. The molecular formula is C12H17ClN2O. The third-order valence-corrected chi connectivity index (χ3v) is 2.96. The average molecular weight is 241 g/mol. The van der Waals surface area contributed by atoms with E-state index >= 15 is 0 Å². The molecular weight excluding hydrogens is 224 g/mol. The SMILES string of the molecule is Cc1c(Cl)cccc1NC(=O)[C@H](N)C(C)C. The summed E-state index contributed by atoms with van der Waals surface area (Å²) in [6, 6.07) is 4.89. The second kappa shape index (κ2) is 5.32. The van der Waals surface area contributed by atoms with Crippen molar-refractivity contribution in [2.75, 3.05) is 5.32 Å². The molecule has 3 nitrogen and oxygen atoms in total. The molecule has 1 amide bonds.